The molecule has 0 spiro atoms. The second-order valence-corrected chi connectivity index (χ2v) is 4.94. The van der Waals surface area contributed by atoms with E-state index in [0.29, 0.717) is 17.3 Å². The molecule has 0 radical (unpaired) electrons. The Kier molecular flexibility index (Phi) is 3.50. The maximum atomic E-state index is 13.9. The van der Waals surface area contributed by atoms with Gasteiger partial charge in [0.05, 0.1) is 0 Å². The summed E-state index contributed by atoms with van der Waals surface area (Å²) < 4.78 is 19.1. The monoisotopic (exact) mass is 297 g/mol. The van der Waals surface area contributed by atoms with Crippen molar-refractivity contribution in [3.63, 3.8) is 0 Å². The molecule has 110 valence electrons. The number of carbonyl (C=O) groups is 1. The van der Waals surface area contributed by atoms with E-state index in [4.69, 9.17) is 4.52 Å². The molecule has 2 heterocycles. The van der Waals surface area contributed by atoms with Gasteiger partial charge in [-0.15, -0.1) is 0 Å². The Morgan fingerprint density at radius 2 is 1.95 bits per heavy atom. The number of pyridine rings is 1. The molecule has 0 bridgehead atoms. The molecule has 0 saturated carbocycles. The molecule has 0 saturated heterocycles. The van der Waals surface area contributed by atoms with Gasteiger partial charge in [-0.2, -0.15) is 4.98 Å². The Balaban J connectivity index is 1.90. The van der Waals surface area contributed by atoms with Gasteiger partial charge in [0.2, 0.25) is 5.82 Å². The molecule has 0 amide bonds. The first-order valence-corrected chi connectivity index (χ1v) is 6.60. The molecule has 2 aromatic heterocycles. The van der Waals surface area contributed by atoms with Gasteiger partial charge < -0.3 is 4.52 Å². The molecule has 3 aromatic rings. The predicted octanol–water partition coefficient (Wildman–Crippen LogP) is 3.18. The maximum absolute atomic E-state index is 13.9. The van der Waals surface area contributed by atoms with Crippen LogP contribution in [0.5, 0.6) is 0 Å². The van der Waals surface area contributed by atoms with Crippen molar-refractivity contribution in [3.05, 3.63) is 54.4 Å². The van der Waals surface area contributed by atoms with E-state index >= 15 is 0 Å². The third kappa shape index (κ3) is 2.63. The van der Waals surface area contributed by atoms with Gasteiger partial charge in [-0.3, -0.25) is 9.78 Å². The fourth-order valence-electron chi connectivity index (χ4n) is 1.96. The van der Waals surface area contributed by atoms with Crippen molar-refractivity contribution < 1.29 is 13.7 Å². The van der Waals surface area contributed by atoms with E-state index in [2.05, 4.69) is 15.1 Å². The number of aldehydes is 1. The highest BCUT2D eigenvalue weighted by Crippen LogP contribution is 2.27. The van der Waals surface area contributed by atoms with Crippen LogP contribution < -0.4 is 0 Å². The fourth-order valence-corrected chi connectivity index (χ4v) is 1.96. The zero-order valence-corrected chi connectivity index (χ0v) is 11.7. The molecule has 5 nitrogen and oxygen atoms in total. The van der Waals surface area contributed by atoms with E-state index < -0.39 is 5.67 Å². The largest absolute Gasteiger partial charge is 0.334 e. The van der Waals surface area contributed by atoms with E-state index in [1.54, 1.807) is 30.6 Å². The molecule has 0 aliphatic rings. The van der Waals surface area contributed by atoms with Crippen LogP contribution in [0.25, 0.3) is 22.8 Å². The van der Waals surface area contributed by atoms with Crippen LogP contribution in [0.15, 0.2) is 53.3 Å². The molecule has 6 heteroatoms. The smallest absolute Gasteiger partial charge is 0.258 e. The van der Waals surface area contributed by atoms with E-state index in [1.165, 1.54) is 19.1 Å². The van der Waals surface area contributed by atoms with Crippen LogP contribution in [0, 0.1) is 0 Å². The maximum Gasteiger partial charge on any atom is 0.258 e. The summed E-state index contributed by atoms with van der Waals surface area (Å²) in [6.07, 6.45) is 3.57. The van der Waals surface area contributed by atoms with Gasteiger partial charge in [0.25, 0.3) is 5.89 Å². The molecule has 1 atom stereocenters. The summed E-state index contributed by atoms with van der Waals surface area (Å²) >= 11 is 0. The fraction of sp³-hybridized carbons (Fsp3) is 0.125. The molecule has 0 N–H and O–H groups in total. The number of hydrogen-bond donors (Lipinski definition) is 0. The molecule has 1 aromatic carbocycles. The lowest BCUT2D eigenvalue weighted by Crippen LogP contribution is -2.16. The van der Waals surface area contributed by atoms with Crippen molar-refractivity contribution in [2.45, 2.75) is 12.6 Å². The predicted molar refractivity (Wildman–Crippen MR) is 77.5 cm³/mol. The molecule has 0 fully saturated rings. The molecule has 0 aliphatic heterocycles. The van der Waals surface area contributed by atoms with Crippen LogP contribution in [0.4, 0.5) is 4.39 Å². The van der Waals surface area contributed by atoms with Gasteiger partial charge in [-0.1, -0.05) is 17.3 Å². The lowest BCUT2D eigenvalue weighted by Gasteiger charge is -2.12. The lowest BCUT2D eigenvalue weighted by molar-refractivity contribution is -0.117. The SMILES string of the molecule is CC(F)(C=O)c1ccc(-c2nc(-c3cccnc3)no2)cc1. The summed E-state index contributed by atoms with van der Waals surface area (Å²) in [4.78, 5) is 19.0. The Labute approximate surface area is 125 Å². The number of benzene rings is 1. The molecule has 22 heavy (non-hydrogen) atoms. The number of hydrogen-bond acceptors (Lipinski definition) is 5. The summed E-state index contributed by atoms with van der Waals surface area (Å²) in [6.45, 7) is 1.21. The minimum absolute atomic E-state index is 0.273. The van der Waals surface area contributed by atoms with E-state index in [0.717, 1.165) is 5.56 Å². The van der Waals surface area contributed by atoms with Crippen LogP contribution in [-0.4, -0.2) is 21.4 Å². The number of nitrogens with zero attached hydrogens (tertiary/aromatic N) is 3. The van der Waals surface area contributed by atoms with Crippen LogP contribution in [0.1, 0.15) is 12.5 Å². The van der Waals surface area contributed by atoms with Crippen LogP contribution in [0.3, 0.4) is 0 Å². The van der Waals surface area contributed by atoms with Crippen LogP contribution in [0.2, 0.25) is 0 Å². The van der Waals surface area contributed by atoms with Crippen LogP contribution in [-0.2, 0) is 10.5 Å². The lowest BCUT2D eigenvalue weighted by atomic mass is 9.98. The Hall–Kier alpha value is -2.89. The van der Waals surface area contributed by atoms with Crippen molar-refractivity contribution >= 4 is 6.29 Å². The van der Waals surface area contributed by atoms with E-state index in [1.807, 2.05) is 6.07 Å². The number of carbonyl (C=O) groups excluding carboxylic acids is 1. The topological polar surface area (TPSA) is 68.9 Å². The highest BCUT2D eigenvalue weighted by Gasteiger charge is 2.24. The quantitative estimate of drug-likeness (QED) is 0.692. The second kappa shape index (κ2) is 5.48. The number of aromatic nitrogens is 3. The standard InChI is InChI=1S/C16H12FN3O2/c1-16(17,10-21)13-6-4-11(5-7-13)15-19-14(20-22-15)12-3-2-8-18-9-12/h2-10H,1H3. The zero-order chi connectivity index (χ0) is 15.6. The van der Waals surface area contributed by atoms with Gasteiger partial charge >= 0.3 is 0 Å². The average Bonchev–Trinajstić information content (AvgIpc) is 3.06. The van der Waals surface area contributed by atoms with Crippen molar-refractivity contribution in [1.29, 1.82) is 0 Å². The van der Waals surface area contributed by atoms with E-state index in [9.17, 15) is 9.18 Å². The molecule has 0 aliphatic carbocycles. The first kappa shape index (κ1) is 14.1. The van der Waals surface area contributed by atoms with Crippen molar-refractivity contribution in [1.82, 2.24) is 15.1 Å². The Morgan fingerprint density at radius 3 is 2.59 bits per heavy atom. The van der Waals surface area contributed by atoms with Crippen molar-refractivity contribution in [3.8, 4) is 22.8 Å². The highest BCUT2D eigenvalue weighted by molar-refractivity contribution is 5.66. The summed E-state index contributed by atoms with van der Waals surface area (Å²) in [7, 11) is 0. The van der Waals surface area contributed by atoms with Gasteiger partial charge in [0.15, 0.2) is 12.0 Å². The Bertz CT molecular complexity index is 783. The zero-order valence-electron chi connectivity index (χ0n) is 11.7. The van der Waals surface area contributed by atoms with Gasteiger partial charge in [-0.05, 0) is 36.8 Å². The van der Waals surface area contributed by atoms with Gasteiger partial charge in [-0.25, -0.2) is 4.39 Å². The second-order valence-electron chi connectivity index (χ2n) is 4.94. The first-order chi connectivity index (χ1) is 10.6. The minimum atomic E-state index is -2.01. The first-order valence-electron chi connectivity index (χ1n) is 6.60. The van der Waals surface area contributed by atoms with Gasteiger partial charge in [0, 0.05) is 23.5 Å². The summed E-state index contributed by atoms with van der Waals surface area (Å²) in [5, 5.41) is 3.89. The van der Waals surface area contributed by atoms with Crippen molar-refractivity contribution in [2.24, 2.45) is 0 Å². The van der Waals surface area contributed by atoms with Gasteiger partial charge in [0.1, 0.15) is 0 Å². The molecule has 1 unspecified atom stereocenters. The molecular formula is C16H12FN3O2. The summed E-state index contributed by atoms with van der Waals surface area (Å²) in [5.41, 5.74) is -0.341. The van der Waals surface area contributed by atoms with Crippen LogP contribution >= 0.6 is 0 Å². The third-order valence-corrected chi connectivity index (χ3v) is 3.26. The average molecular weight is 297 g/mol. The summed E-state index contributed by atoms with van der Waals surface area (Å²) in [5.74, 6) is 0.743. The summed E-state index contributed by atoms with van der Waals surface area (Å²) in [6, 6.07) is 9.93. The highest BCUT2D eigenvalue weighted by atomic mass is 19.1. The minimum Gasteiger partial charge on any atom is -0.334 e. The van der Waals surface area contributed by atoms with Crippen molar-refractivity contribution in [2.75, 3.05) is 0 Å². The third-order valence-electron chi connectivity index (χ3n) is 3.26. The normalized spacial score (nSPS) is 13.5. The molecule has 3 rings (SSSR count). The van der Waals surface area contributed by atoms with E-state index in [-0.39, 0.29) is 11.8 Å². The number of rotatable bonds is 4. The number of alkyl halides is 1. The Morgan fingerprint density at radius 1 is 1.18 bits per heavy atom. The number of halogens is 1. The molecular weight excluding hydrogens is 285 g/mol.